The number of nitrogens with zero attached hydrogens (tertiary/aromatic N) is 2. The monoisotopic (exact) mass is 429 g/mol. The number of carbonyl (C=O) groups excluding carboxylic acids is 3. The first kappa shape index (κ1) is 22.0. The minimum absolute atomic E-state index is 0.00176. The van der Waals surface area contributed by atoms with Crippen LogP contribution in [0.5, 0.6) is 0 Å². The van der Waals surface area contributed by atoms with Gasteiger partial charge in [-0.15, -0.1) is 11.3 Å². The van der Waals surface area contributed by atoms with E-state index in [1.54, 1.807) is 4.90 Å². The second-order valence-electron chi connectivity index (χ2n) is 7.28. The van der Waals surface area contributed by atoms with Crippen molar-refractivity contribution in [1.82, 2.24) is 15.1 Å². The van der Waals surface area contributed by atoms with Crippen LogP contribution >= 0.6 is 11.3 Å². The number of esters is 1. The van der Waals surface area contributed by atoms with Crippen LogP contribution in [0.4, 0.5) is 0 Å². The molecule has 1 aliphatic heterocycles. The average Bonchev–Trinajstić information content (AvgIpc) is 3.27. The number of amides is 2. The van der Waals surface area contributed by atoms with Crippen LogP contribution in [0, 0.1) is 0 Å². The molecular weight excluding hydrogens is 402 g/mol. The Morgan fingerprint density at radius 3 is 2.43 bits per heavy atom. The molecule has 2 heterocycles. The Bertz CT molecular complexity index is 833. The molecule has 0 aliphatic carbocycles. The minimum atomic E-state index is -0.502. The predicted molar refractivity (Wildman–Crippen MR) is 115 cm³/mol. The van der Waals surface area contributed by atoms with E-state index in [4.69, 9.17) is 4.74 Å². The van der Waals surface area contributed by atoms with Crippen LogP contribution in [0.25, 0.3) is 0 Å². The third kappa shape index (κ3) is 6.67. The van der Waals surface area contributed by atoms with Gasteiger partial charge in [-0.25, -0.2) is 0 Å². The maximum absolute atomic E-state index is 12.4. The predicted octanol–water partition coefficient (Wildman–Crippen LogP) is 2.20. The first-order valence-corrected chi connectivity index (χ1v) is 10.9. The highest BCUT2D eigenvalue weighted by molar-refractivity contribution is 7.10. The van der Waals surface area contributed by atoms with Gasteiger partial charge in [-0.3, -0.25) is 19.3 Å². The minimum Gasteiger partial charge on any atom is -0.455 e. The van der Waals surface area contributed by atoms with Crippen molar-refractivity contribution in [2.24, 2.45) is 0 Å². The molecule has 30 heavy (non-hydrogen) atoms. The molecule has 1 aliphatic rings. The van der Waals surface area contributed by atoms with Crippen molar-refractivity contribution < 1.29 is 19.1 Å². The van der Waals surface area contributed by atoms with Crippen LogP contribution in [0.2, 0.25) is 0 Å². The fourth-order valence-corrected chi connectivity index (χ4v) is 4.19. The first-order chi connectivity index (χ1) is 14.5. The Hall–Kier alpha value is -2.71. The van der Waals surface area contributed by atoms with Gasteiger partial charge in [0.2, 0.25) is 5.91 Å². The summed E-state index contributed by atoms with van der Waals surface area (Å²) in [5.74, 6) is -0.904. The lowest BCUT2D eigenvalue weighted by molar-refractivity contribution is -0.153. The molecule has 160 valence electrons. The van der Waals surface area contributed by atoms with Gasteiger partial charge < -0.3 is 15.0 Å². The molecular formula is C22H27N3O4S. The lowest BCUT2D eigenvalue weighted by Crippen LogP contribution is -2.49. The normalized spacial score (nSPS) is 15.4. The van der Waals surface area contributed by atoms with Crippen molar-refractivity contribution in [3.63, 3.8) is 0 Å². The van der Waals surface area contributed by atoms with Crippen LogP contribution in [0.1, 0.15) is 29.8 Å². The number of thiophene rings is 1. The van der Waals surface area contributed by atoms with Crippen molar-refractivity contribution in [1.29, 1.82) is 0 Å². The third-order valence-electron chi connectivity index (χ3n) is 4.97. The van der Waals surface area contributed by atoms with E-state index in [-0.39, 0.29) is 24.8 Å². The summed E-state index contributed by atoms with van der Waals surface area (Å²) in [5, 5.41) is 4.64. The molecule has 1 atom stereocenters. The molecule has 1 N–H and O–H groups in total. The van der Waals surface area contributed by atoms with Gasteiger partial charge in [-0.05, 0) is 17.0 Å². The zero-order valence-corrected chi connectivity index (χ0v) is 17.9. The molecule has 3 rings (SSSR count). The van der Waals surface area contributed by atoms with Crippen molar-refractivity contribution in [2.75, 3.05) is 32.8 Å². The fraction of sp³-hybridized carbons (Fsp3) is 0.409. The smallest absolute Gasteiger partial charge is 0.308 e. The van der Waals surface area contributed by atoms with Crippen molar-refractivity contribution >= 4 is 29.1 Å². The van der Waals surface area contributed by atoms with E-state index in [9.17, 15) is 14.4 Å². The molecule has 8 heteroatoms. The Kier molecular flexibility index (Phi) is 7.98. The molecule has 1 unspecified atom stereocenters. The van der Waals surface area contributed by atoms with Crippen LogP contribution in [0.3, 0.4) is 0 Å². The van der Waals surface area contributed by atoms with Crippen molar-refractivity contribution in [3.05, 3.63) is 58.3 Å². The Morgan fingerprint density at radius 2 is 1.80 bits per heavy atom. The summed E-state index contributed by atoms with van der Waals surface area (Å²) < 4.78 is 5.20. The van der Waals surface area contributed by atoms with E-state index in [0.29, 0.717) is 13.1 Å². The molecule has 0 spiro atoms. The molecule has 1 aromatic heterocycles. The molecule has 2 aromatic rings. The second kappa shape index (κ2) is 10.9. The van der Waals surface area contributed by atoms with Crippen LogP contribution in [-0.2, 0) is 25.7 Å². The number of nitrogens with one attached hydrogen (secondary N) is 1. The zero-order valence-electron chi connectivity index (χ0n) is 17.1. The number of carbonyl (C=O) groups is 3. The van der Waals surface area contributed by atoms with E-state index >= 15 is 0 Å². The van der Waals surface area contributed by atoms with Gasteiger partial charge in [0.05, 0.1) is 12.5 Å². The van der Waals surface area contributed by atoms with Gasteiger partial charge in [-0.1, -0.05) is 36.4 Å². The van der Waals surface area contributed by atoms with Crippen molar-refractivity contribution in [3.8, 4) is 0 Å². The standard InChI is InChI=1S/C22H27N3O4S/c1-17(26)23-19(20-8-5-13-30-20)14-22(28)29-16-21(27)25-11-9-24(10-12-25)15-18-6-3-2-4-7-18/h2-8,13,19H,9-12,14-16H2,1H3,(H,23,26). The maximum Gasteiger partial charge on any atom is 0.308 e. The summed E-state index contributed by atoms with van der Waals surface area (Å²) in [7, 11) is 0. The van der Waals surface area contributed by atoms with Gasteiger partial charge >= 0.3 is 5.97 Å². The highest BCUT2D eigenvalue weighted by Crippen LogP contribution is 2.22. The number of hydrogen-bond donors (Lipinski definition) is 1. The van der Waals surface area contributed by atoms with E-state index in [1.807, 2.05) is 35.7 Å². The van der Waals surface area contributed by atoms with E-state index < -0.39 is 12.0 Å². The van der Waals surface area contributed by atoms with Gasteiger partial charge in [0.25, 0.3) is 5.91 Å². The highest BCUT2D eigenvalue weighted by Gasteiger charge is 2.23. The first-order valence-electron chi connectivity index (χ1n) is 10.0. The van der Waals surface area contributed by atoms with Gasteiger partial charge in [0, 0.05) is 44.5 Å². The lowest BCUT2D eigenvalue weighted by Gasteiger charge is -2.34. The Balaban J connectivity index is 1.40. The molecule has 0 bridgehead atoms. The number of benzene rings is 1. The quantitative estimate of drug-likeness (QED) is 0.651. The third-order valence-corrected chi connectivity index (χ3v) is 5.95. The molecule has 1 fully saturated rings. The molecule has 0 saturated carbocycles. The summed E-state index contributed by atoms with van der Waals surface area (Å²) in [6.07, 6.45) is -0.00176. The van der Waals surface area contributed by atoms with Gasteiger partial charge in [0.15, 0.2) is 6.61 Å². The van der Waals surface area contributed by atoms with Gasteiger partial charge in [0.1, 0.15) is 0 Å². The molecule has 1 aromatic carbocycles. The molecule has 1 saturated heterocycles. The maximum atomic E-state index is 12.4. The summed E-state index contributed by atoms with van der Waals surface area (Å²) in [4.78, 5) is 41.0. The molecule has 2 amide bonds. The van der Waals surface area contributed by atoms with Crippen LogP contribution in [-0.4, -0.2) is 60.4 Å². The molecule has 0 radical (unpaired) electrons. The van der Waals surface area contributed by atoms with E-state index in [2.05, 4.69) is 22.3 Å². The average molecular weight is 430 g/mol. The van der Waals surface area contributed by atoms with Gasteiger partial charge in [-0.2, -0.15) is 0 Å². The molecule has 7 nitrogen and oxygen atoms in total. The number of piperazine rings is 1. The lowest BCUT2D eigenvalue weighted by atomic mass is 10.1. The number of ether oxygens (including phenoxy) is 1. The summed E-state index contributed by atoms with van der Waals surface area (Å²) in [6, 6.07) is 13.5. The summed E-state index contributed by atoms with van der Waals surface area (Å²) >= 11 is 1.46. The van der Waals surface area contributed by atoms with Crippen molar-refractivity contribution in [2.45, 2.75) is 25.9 Å². The van der Waals surface area contributed by atoms with Crippen LogP contribution in [0.15, 0.2) is 47.8 Å². The fourth-order valence-electron chi connectivity index (χ4n) is 3.41. The second-order valence-corrected chi connectivity index (χ2v) is 8.26. The summed E-state index contributed by atoms with van der Waals surface area (Å²) in [5.41, 5.74) is 1.26. The van der Waals surface area contributed by atoms with E-state index in [0.717, 1.165) is 24.5 Å². The van der Waals surface area contributed by atoms with E-state index in [1.165, 1.54) is 23.8 Å². The van der Waals surface area contributed by atoms with Crippen LogP contribution < -0.4 is 5.32 Å². The number of hydrogen-bond acceptors (Lipinski definition) is 6. The highest BCUT2D eigenvalue weighted by atomic mass is 32.1. The Labute approximate surface area is 180 Å². The Morgan fingerprint density at radius 1 is 1.07 bits per heavy atom. The largest absolute Gasteiger partial charge is 0.455 e. The SMILES string of the molecule is CC(=O)NC(CC(=O)OCC(=O)N1CCN(Cc2ccccc2)CC1)c1cccs1. The zero-order chi connectivity index (χ0) is 21.3. The summed E-state index contributed by atoms with van der Waals surface area (Å²) in [6.45, 7) is 4.82. The number of rotatable bonds is 8. The topological polar surface area (TPSA) is 78.9 Å².